The molecule has 1 amide bonds. The third-order valence-electron chi connectivity index (χ3n) is 4.19. The van der Waals surface area contributed by atoms with Crippen LogP contribution in [0, 0.1) is 5.92 Å². The Hall–Kier alpha value is -2.83. The molecule has 1 aromatic heterocycles. The van der Waals surface area contributed by atoms with Crippen LogP contribution in [0.15, 0.2) is 33.5 Å². The summed E-state index contributed by atoms with van der Waals surface area (Å²) in [5.74, 6) is -1.12. The predicted octanol–water partition coefficient (Wildman–Crippen LogP) is 2.74. The lowest BCUT2D eigenvalue weighted by Gasteiger charge is -2.20. The minimum absolute atomic E-state index is 0.124. The maximum absolute atomic E-state index is 12.3. The van der Waals surface area contributed by atoms with Crippen molar-refractivity contribution < 1.29 is 23.8 Å². The first-order valence-corrected chi connectivity index (χ1v) is 8.97. The monoisotopic (exact) mass is 375 g/mol. The van der Waals surface area contributed by atoms with Gasteiger partial charge in [-0.05, 0) is 43.4 Å². The van der Waals surface area contributed by atoms with E-state index in [1.54, 1.807) is 18.2 Å². The average Bonchev–Trinajstić information content (AvgIpc) is 2.59. The molecule has 0 saturated carbocycles. The highest BCUT2D eigenvalue weighted by Gasteiger charge is 2.24. The van der Waals surface area contributed by atoms with Gasteiger partial charge in [0.05, 0.1) is 0 Å². The molecule has 1 aromatic carbocycles. The van der Waals surface area contributed by atoms with Crippen molar-refractivity contribution in [3.05, 3.63) is 40.2 Å². The molecule has 0 saturated heterocycles. The van der Waals surface area contributed by atoms with Crippen LogP contribution in [0.5, 0.6) is 5.75 Å². The number of rotatable bonds is 8. The SMILES string of the molecule is CCc1cc(=O)oc2cc(O[C@@H](C)C(=O)N[C@@H](CC(C)C)C(=O)O)ccc12. The number of carbonyl (C=O) groups is 2. The molecular weight excluding hydrogens is 350 g/mol. The van der Waals surface area contributed by atoms with E-state index in [1.807, 2.05) is 20.8 Å². The first-order valence-electron chi connectivity index (χ1n) is 8.97. The molecule has 27 heavy (non-hydrogen) atoms. The van der Waals surface area contributed by atoms with Crippen molar-refractivity contribution in [1.29, 1.82) is 0 Å². The number of hydrogen-bond acceptors (Lipinski definition) is 5. The van der Waals surface area contributed by atoms with Gasteiger partial charge in [-0.1, -0.05) is 20.8 Å². The Morgan fingerprint density at radius 1 is 1.22 bits per heavy atom. The molecule has 7 nitrogen and oxygen atoms in total. The van der Waals surface area contributed by atoms with Gasteiger partial charge in [0.25, 0.3) is 5.91 Å². The Morgan fingerprint density at radius 3 is 2.52 bits per heavy atom. The van der Waals surface area contributed by atoms with Crippen LogP contribution < -0.4 is 15.7 Å². The van der Waals surface area contributed by atoms with E-state index in [1.165, 1.54) is 13.0 Å². The molecule has 0 fully saturated rings. The van der Waals surface area contributed by atoms with Gasteiger partial charge in [0.15, 0.2) is 6.10 Å². The predicted molar refractivity (Wildman–Crippen MR) is 101 cm³/mol. The van der Waals surface area contributed by atoms with E-state index in [-0.39, 0.29) is 5.92 Å². The van der Waals surface area contributed by atoms with Crippen LogP contribution in [0.4, 0.5) is 0 Å². The Kier molecular flexibility index (Phi) is 6.60. The molecule has 2 aromatic rings. The molecule has 0 aliphatic carbocycles. The third kappa shape index (κ3) is 5.32. The number of amides is 1. The number of carbonyl (C=O) groups excluding carboxylic acids is 1. The fourth-order valence-corrected chi connectivity index (χ4v) is 2.82. The van der Waals surface area contributed by atoms with Crippen LogP contribution in [-0.4, -0.2) is 29.1 Å². The molecular formula is C20H25NO6. The second-order valence-electron chi connectivity index (χ2n) is 6.89. The van der Waals surface area contributed by atoms with E-state index in [9.17, 15) is 19.5 Å². The number of nitrogens with one attached hydrogen (secondary N) is 1. The van der Waals surface area contributed by atoms with Crippen molar-refractivity contribution in [2.75, 3.05) is 0 Å². The topological polar surface area (TPSA) is 106 Å². The Bertz CT molecular complexity index is 886. The van der Waals surface area contributed by atoms with Crippen LogP contribution in [0.2, 0.25) is 0 Å². The molecule has 2 N–H and O–H groups in total. The van der Waals surface area contributed by atoms with Gasteiger partial charge < -0.3 is 19.6 Å². The molecule has 0 radical (unpaired) electrons. The fourth-order valence-electron chi connectivity index (χ4n) is 2.82. The molecule has 2 atom stereocenters. The Morgan fingerprint density at radius 2 is 1.93 bits per heavy atom. The van der Waals surface area contributed by atoms with Gasteiger partial charge in [0.2, 0.25) is 0 Å². The highest BCUT2D eigenvalue weighted by molar-refractivity contribution is 5.86. The molecule has 7 heteroatoms. The summed E-state index contributed by atoms with van der Waals surface area (Å²) in [7, 11) is 0. The van der Waals surface area contributed by atoms with Crippen molar-refractivity contribution in [2.24, 2.45) is 5.92 Å². The van der Waals surface area contributed by atoms with Crippen molar-refractivity contribution in [3.8, 4) is 5.75 Å². The zero-order valence-electron chi connectivity index (χ0n) is 15.9. The number of carboxylic acids is 1. The van der Waals surface area contributed by atoms with E-state index < -0.39 is 29.6 Å². The van der Waals surface area contributed by atoms with Crippen molar-refractivity contribution >= 4 is 22.8 Å². The van der Waals surface area contributed by atoms with E-state index in [0.29, 0.717) is 24.2 Å². The zero-order chi connectivity index (χ0) is 20.1. The summed E-state index contributed by atoms with van der Waals surface area (Å²) in [4.78, 5) is 35.2. The molecule has 1 heterocycles. The summed E-state index contributed by atoms with van der Waals surface area (Å²) in [6.07, 6.45) is 0.111. The van der Waals surface area contributed by atoms with Crippen LogP contribution in [0.1, 0.15) is 39.7 Å². The fraction of sp³-hybridized carbons (Fsp3) is 0.450. The lowest BCUT2D eigenvalue weighted by Crippen LogP contribution is -2.46. The standard InChI is InChI=1S/C20H25NO6/c1-5-13-9-18(22)27-17-10-14(6-7-15(13)17)26-12(4)19(23)21-16(20(24)25)8-11(2)3/h6-7,9-12,16H,5,8H2,1-4H3,(H,21,23)(H,24,25)/t12-,16-/m0/s1. The van der Waals surface area contributed by atoms with Crippen LogP contribution in [0.25, 0.3) is 11.0 Å². The van der Waals surface area contributed by atoms with E-state index >= 15 is 0 Å². The smallest absolute Gasteiger partial charge is 0.336 e. The Labute approximate surface area is 157 Å². The van der Waals surface area contributed by atoms with Crippen LogP contribution in [-0.2, 0) is 16.0 Å². The van der Waals surface area contributed by atoms with E-state index in [2.05, 4.69) is 5.32 Å². The number of aliphatic carboxylic acids is 1. The highest BCUT2D eigenvalue weighted by Crippen LogP contribution is 2.23. The summed E-state index contributed by atoms with van der Waals surface area (Å²) in [6.45, 7) is 7.25. The van der Waals surface area contributed by atoms with Gasteiger partial charge in [-0.25, -0.2) is 9.59 Å². The maximum atomic E-state index is 12.3. The lowest BCUT2D eigenvalue weighted by atomic mass is 10.0. The summed E-state index contributed by atoms with van der Waals surface area (Å²) in [6, 6.07) is 5.51. The molecule has 0 aliphatic heterocycles. The third-order valence-corrected chi connectivity index (χ3v) is 4.19. The van der Waals surface area contributed by atoms with Crippen molar-refractivity contribution in [3.63, 3.8) is 0 Å². The number of aryl methyl sites for hydroxylation is 1. The summed E-state index contributed by atoms with van der Waals surface area (Å²) >= 11 is 0. The molecule has 2 rings (SSSR count). The molecule has 0 bridgehead atoms. The van der Waals surface area contributed by atoms with Gasteiger partial charge >= 0.3 is 11.6 Å². The van der Waals surface area contributed by atoms with Crippen molar-refractivity contribution in [1.82, 2.24) is 5.32 Å². The zero-order valence-corrected chi connectivity index (χ0v) is 15.9. The number of ether oxygens (including phenoxy) is 1. The quantitative estimate of drug-likeness (QED) is 0.687. The minimum Gasteiger partial charge on any atom is -0.481 e. The number of hydrogen-bond donors (Lipinski definition) is 2. The minimum atomic E-state index is -1.08. The second-order valence-corrected chi connectivity index (χ2v) is 6.89. The lowest BCUT2D eigenvalue weighted by molar-refractivity contribution is -0.143. The maximum Gasteiger partial charge on any atom is 0.336 e. The van der Waals surface area contributed by atoms with Gasteiger partial charge in [-0.3, -0.25) is 4.79 Å². The number of carboxylic acid groups (broad SMARTS) is 1. The van der Waals surface area contributed by atoms with Gasteiger partial charge in [-0.2, -0.15) is 0 Å². The number of fused-ring (bicyclic) bond motifs is 1. The van der Waals surface area contributed by atoms with Crippen LogP contribution in [0.3, 0.4) is 0 Å². The molecule has 146 valence electrons. The van der Waals surface area contributed by atoms with Crippen molar-refractivity contribution in [2.45, 2.75) is 52.7 Å². The largest absolute Gasteiger partial charge is 0.481 e. The molecule has 0 aliphatic rings. The summed E-state index contributed by atoms with van der Waals surface area (Å²) in [5.41, 5.74) is 0.810. The summed E-state index contributed by atoms with van der Waals surface area (Å²) in [5, 5.41) is 12.5. The van der Waals surface area contributed by atoms with E-state index in [0.717, 1.165) is 10.9 Å². The second kappa shape index (κ2) is 8.70. The molecule has 0 unspecified atom stereocenters. The summed E-state index contributed by atoms with van der Waals surface area (Å²) < 4.78 is 10.8. The van der Waals surface area contributed by atoms with Gasteiger partial charge in [-0.15, -0.1) is 0 Å². The average molecular weight is 375 g/mol. The van der Waals surface area contributed by atoms with Gasteiger partial charge in [0, 0.05) is 17.5 Å². The molecule has 0 spiro atoms. The van der Waals surface area contributed by atoms with E-state index in [4.69, 9.17) is 9.15 Å². The van der Waals surface area contributed by atoms with Gasteiger partial charge in [0.1, 0.15) is 17.4 Å². The Balaban J connectivity index is 2.14. The normalized spacial score (nSPS) is 13.4. The number of benzene rings is 1. The highest BCUT2D eigenvalue weighted by atomic mass is 16.5. The van der Waals surface area contributed by atoms with Crippen LogP contribution >= 0.6 is 0 Å². The first-order chi connectivity index (χ1) is 12.7. The first kappa shape index (κ1) is 20.5.